The second-order valence-corrected chi connectivity index (χ2v) is 7.49. The summed E-state index contributed by atoms with van der Waals surface area (Å²) in [6.07, 6.45) is 5.47. The molecule has 3 atom stereocenters. The second-order valence-electron chi connectivity index (χ2n) is 7.49. The Bertz CT molecular complexity index is 820. The summed E-state index contributed by atoms with van der Waals surface area (Å²) in [5.74, 6) is 0.218. The Balaban J connectivity index is 1.40. The van der Waals surface area contributed by atoms with Gasteiger partial charge < -0.3 is 9.64 Å². The van der Waals surface area contributed by atoms with Crippen LogP contribution < -0.4 is 0 Å². The molecule has 3 fully saturated rings. The van der Waals surface area contributed by atoms with Crippen molar-refractivity contribution in [2.75, 3.05) is 13.2 Å². The quantitative estimate of drug-likeness (QED) is 0.846. The molecule has 0 N–H and O–H groups in total. The molecule has 5 rings (SSSR count). The maximum Gasteiger partial charge on any atom is 0.227 e. The Hall–Kier alpha value is -2.18. The third-order valence-corrected chi connectivity index (χ3v) is 6.15. The van der Waals surface area contributed by atoms with Crippen LogP contribution in [0.2, 0.25) is 0 Å². The average Bonchev–Trinajstić information content (AvgIpc) is 3.40. The number of carbonyl (C=O) groups excluding carboxylic acids is 1. The first-order valence-electron chi connectivity index (χ1n) is 9.48. The van der Waals surface area contributed by atoms with Gasteiger partial charge in [-0.25, -0.2) is 0 Å². The molecule has 0 bridgehead atoms. The second kappa shape index (κ2) is 5.93. The van der Waals surface area contributed by atoms with Gasteiger partial charge in [0.2, 0.25) is 5.91 Å². The number of aromatic nitrogens is 2. The molecule has 3 saturated heterocycles. The summed E-state index contributed by atoms with van der Waals surface area (Å²) in [6.45, 7) is 5.33. The van der Waals surface area contributed by atoms with Gasteiger partial charge in [0.05, 0.1) is 24.9 Å². The monoisotopic (exact) mass is 352 g/mol. The number of nitrogens with zero attached hydrogens (tertiary/aromatic N) is 4. The van der Waals surface area contributed by atoms with Gasteiger partial charge in [-0.15, -0.1) is 0 Å². The van der Waals surface area contributed by atoms with Crippen molar-refractivity contribution in [1.29, 1.82) is 0 Å². The van der Waals surface area contributed by atoms with E-state index >= 15 is 0 Å². The average molecular weight is 352 g/mol. The largest absolute Gasteiger partial charge is 0.351 e. The van der Waals surface area contributed by atoms with Crippen LogP contribution >= 0.6 is 0 Å². The van der Waals surface area contributed by atoms with Crippen molar-refractivity contribution in [3.8, 4) is 0 Å². The molecular weight excluding hydrogens is 328 g/mol. The Morgan fingerprint density at radius 3 is 2.92 bits per heavy atom. The fraction of sp³-hybridized carbons (Fsp3) is 0.500. The first-order chi connectivity index (χ1) is 12.7. The number of benzene rings is 1. The highest BCUT2D eigenvalue weighted by Gasteiger charge is 2.64. The van der Waals surface area contributed by atoms with Crippen molar-refractivity contribution in [2.45, 2.75) is 50.7 Å². The summed E-state index contributed by atoms with van der Waals surface area (Å²) in [5.41, 5.74) is 1.92. The van der Waals surface area contributed by atoms with E-state index in [-0.39, 0.29) is 18.0 Å². The maximum atomic E-state index is 12.9. The van der Waals surface area contributed by atoms with E-state index in [1.807, 2.05) is 34.0 Å². The summed E-state index contributed by atoms with van der Waals surface area (Å²) in [7, 11) is 0. The van der Waals surface area contributed by atoms with Gasteiger partial charge in [0.25, 0.3) is 0 Å². The molecule has 136 valence electrons. The Labute approximate surface area is 153 Å². The highest BCUT2D eigenvalue weighted by atomic mass is 16.5. The molecule has 0 radical (unpaired) electrons. The van der Waals surface area contributed by atoms with Gasteiger partial charge in [-0.05, 0) is 12.5 Å². The smallest absolute Gasteiger partial charge is 0.227 e. The number of rotatable bonds is 4. The number of likely N-dealkylation sites (tertiary alicyclic amines) is 1. The predicted molar refractivity (Wildman–Crippen MR) is 96.0 cm³/mol. The van der Waals surface area contributed by atoms with Crippen LogP contribution in [-0.2, 0) is 22.6 Å². The molecule has 2 aromatic rings. The number of aryl methyl sites for hydroxylation is 1. The van der Waals surface area contributed by atoms with Crippen molar-refractivity contribution in [3.63, 3.8) is 0 Å². The van der Waals surface area contributed by atoms with E-state index in [0.29, 0.717) is 13.0 Å². The van der Waals surface area contributed by atoms with Gasteiger partial charge in [-0.1, -0.05) is 30.3 Å². The van der Waals surface area contributed by atoms with Crippen LogP contribution in [0.25, 0.3) is 0 Å². The SMILES string of the molecule is CCn1cc(CN2CC[C@@]34OC[C@@H](c5ccccc5)N3C(=O)C[C@@H]24)cn1. The molecule has 3 aliphatic rings. The summed E-state index contributed by atoms with van der Waals surface area (Å²) >= 11 is 0. The van der Waals surface area contributed by atoms with Crippen LogP contribution in [0.3, 0.4) is 0 Å². The number of hydrogen-bond acceptors (Lipinski definition) is 4. The minimum atomic E-state index is -0.446. The lowest BCUT2D eigenvalue weighted by molar-refractivity contribution is -0.138. The first-order valence-corrected chi connectivity index (χ1v) is 9.48. The molecule has 1 amide bonds. The zero-order valence-corrected chi connectivity index (χ0v) is 15.0. The van der Waals surface area contributed by atoms with Gasteiger partial charge in [0.15, 0.2) is 5.72 Å². The molecule has 6 nitrogen and oxygen atoms in total. The molecule has 6 heteroatoms. The van der Waals surface area contributed by atoms with Crippen molar-refractivity contribution < 1.29 is 9.53 Å². The topological polar surface area (TPSA) is 50.6 Å². The maximum absolute atomic E-state index is 12.9. The summed E-state index contributed by atoms with van der Waals surface area (Å²) in [6, 6.07) is 10.4. The molecule has 0 unspecified atom stereocenters. The lowest BCUT2D eigenvalue weighted by Gasteiger charge is -2.33. The van der Waals surface area contributed by atoms with E-state index in [4.69, 9.17) is 4.74 Å². The van der Waals surface area contributed by atoms with Crippen LogP contribution in [0, 0.1) is 0 Å². The van der Waals surface area contributed by atoms with Crippen molar-refractivity contribution in [2.24, 2.45) is 0 Å². The third kappa shape index (κ3) is 2.25. The van der Waals surface area contributed by atoms with E-state index < -0.39 is 5.72 Å². The van der Waals surface area contributed by atoms with E-state index in [0.717, 1.165) is 26.1 Å². The third-order valence-electron chi connectivity index (χ3n) is 6.15. The van der Waals surface area contributed by atoms with Gasteiger partial charge in [-0.2, -0.15) is 5.10 Å². The summed E-state index contributed by atoms with van der Waals surface area (Å²) in [4.78, 5) is 17.3. The number of amides is 1. The van der Waals surface area contributed by atoms with Crippen molar-refractivity contribution in [3.05, 3.63) is 53.9 Å². The number of hydrogen-bond donors (Lipinski definition) is 0. The Morgan fingerprint density at radius 2 is 2.15 bits per heavy atom. The van der Waals surface area contributed by atoms with E-state index in [9.17, 15) is 4.79 Å². The molecule has 26 heavy (non-hydrogen) atoms. The van der Waals surface area contributed by atoms with E-state index in [2.05, 4.69) is 35.3 Å². The lowest BCUT2D eigenvalue weighted by atomic mass is 10.0. The first kappa shape index (κ1) is 16.0. The normalized spacial score (nSPS) is 30.8. The predicted octanol–water partition coefficient (Wildman–Crippen LogP) is 2.18. The zero-order valence-electron chi connectivity index (χ0n) is 15.0. The standard InChI is InChI=1S/C20H24N4O2/c1-2-23-13-15(11-21-23)12-22-9-8-20-18(22)10-19(25)24(20)17(14-26-20)16-6-4-3-5-7-16/h3-7,11,13,17-18H,2,8-10,12,14H2,1H3/t17-,18+,20-/m0/s1. The fourth-order valence-corrected chi connectivity index (χ4v) is 4.93. The number of ether oxygens (including phenoxy) is 1. The van der Waals surface area contributed by atoms with Gasteiger partial charge in [-0.3, -0.25) is 14.4 Å². The molecule has 1 aromatic heterocycles. The molecule has 1 aromatic carbocycles. The fourth-order valence-electron chi connectivity index (χ4n) is 4.93. The highest BCUT2D eigenvalue weighted by Crippen LogP contribution is 2.51. The van der Waals surface area contributed by atoms with Crippen LogP contribution in [0.15, 0.2) is 42.7 Å². The summed E-state index contributed by atoms with van der Waals surface area (Å²) < 4.78 is 8.31. The molecule has 0 aliphatic carbocycles. The highest BCUT2D eigenvalue weighted by molar-refractivity contribution is 5.82. The van der Waals surface area contributed by atoms with Crippen LogP contribution in [-0.4, -0.2) is 50.4 Å². The van der Waals surface area contributed by atoms with E-state index in [1.54, 1.807) is 0 Å². The summed E-state index contributed by atoms with van der Waals surface area (Å²) in [5, 5.41) is 4.38. The molecule has 4 heterocycles. The Kier molecular flexibility index (Phi) is 3.65. The van der Waals surface area contributed by atoms with Gasteiger partial charge in [0.1, 0.15) is 0 Å². The zero-order chi connectivity index (χ0) is 17.7. The van der Waals surface area contributed by atoms with Crippen molar-refractivity contribution in [1.82, 2.24) is 19.6 Å². The molecule has 3 aliphatic heterocycles. The van der Waals surface area contributed by atoms with Crippen LogP contribution in [0.1, 0.15) is 36.9 Å². The lowest BCUT2D eigenvalue weighted by Crippen LogP contribution is -2.48. The van der Waals surface area contributed by atoms with Crippen LogP contribution in [0.4, 0.5) is 0 Å². The number of carbonyl (C=O) groups is 1. The minimum absolute atomic E-state index is 0.0384. The Morgan fingerprint density at radius 1 is 1.31 bits per heavy atom. The van der Waals surface area contributed by atoms with Crippen LogP contribution in [0.5, 0.6) is 0 Å². The minimum Gasteiger partial charge on any atom is -0.351 e. The molecule has 1 spiro atoms. The van der Waals surface area contributed by atoms with E-state index in [1.165, 1.54) is 11.1 Å². The molecular formula is C20H24N4O2. The van der Waals surface area contributed by atoms with Gasteiger partial charge >= 0.3 is 0 Å². The van der Waals surface area contributed by atoms with Crippen molar-refractivity contribution >= 4 is 5.91 Å². The van der Waals surface area contributed by atoms with Gasteiger partial charge in [0, 0.05) is 44.2 Å². The molecule has 0 saturated carbocycles.